The molecule has 1 aromatic heterocycles. The fourth-order valence-electron chi connectivity index (χ4n) is 2.13. The van der Waals surface area contributed by atoms with Crippen LogP contribution in [0.3, 0.4) is 0 Å². The number of aromatic nitrogens is 1. The van der Waals surface area contributed by atoms with Gasteiger partial charge < -0.3 is 10.1 Å². The van der Waals surface area contributed by atoms with Crippen LogP contribution in [0.15, 0.2) is 18.3 Å². The lowest BCUT2D eigenvalue weighted by Gasteiger charge is -2.14. The van der Waals surface area contributed by atoms with Crippen LogP contribution in [0.5, 0.6) is 5.75 Å². The normalized spacial score (nSPS) is 10.2. The number of hydrogen-bond donors (Lipinski definition) is 1. The summed E-state index contributed by atoms with van der Waals surface area (Å²) in [5, 5.41) is 13.5. The Kier molecular flexibility index (Phi) is 3.86. The molecule has 1 N–H and O–H groups in total. The van der Waals surface area contributed by atoms with Crippen molar-refractivity contribution in [2.45, 2.75) is 20.3 Å². The van der Waals surface area contributed by atoms with Crippen LogP contribution in [0.2, 0.25) is 0 Å². The average Bonchev–Trinajstić information content (AvgIpc) is 2.45. The summed E-state index contributed by atoms with van der Waals surface area (Å²) in [4.78, 5) is 4.36. The molecule has 98 valence electrons. The monoisotopic (exact) mass is 255 g/mol. The molecule has 0 unspecified atom stereocenters. The summed E-state index contributed by atoms with van der Waals surface area (Å²) in [6, 6.07) is 6.09. The van der Waals surface area contributed by atoms with Crippen molar-refractivity contribution in [3.05, 3.63) is 29.5 Å². The SMILES string of the molecule is CCCNc1c(C#N)cnc2c(OC)ccc(C)c12. The molecule has 0 radical (unpaired) electrons. The van der Waals surface area contributed by atoms with Crippen LogP contribution in [-0.4, -0.2) is 18.6 Å². The third kappa shape index (κ3) is 2.32. The highest BCUT2D eigenvalue weighted by atomic mass is 16.5. The van der Waals surface area contributed by atoms with Crippen LogP contribution in [-0.2, 0) is 0 Å². The second-order valence-electron chi connectivity index (χ2n) is 4.39. The summed E-state index contributed by atoms with van der Waals surface area (Å²) in [6.07, 6.45) is 2.60. The molecule has 0 spiro atoms. The van der Waals surface area contributed by atoms with Gasteiger partial charge in [0.25, 0.3) is 0 Å². The van der Waals surface area contributed by atoms with Crippen molar-refractivity contribution in [1.29, 1.82) is 5.26 Å². The number of pyridine rings is 1. The summed E-state index contributed by atoms with van der Waals surface area (Å²) in [7, 11) is 1.63. The first-order chi connectivity index (χ1) is 9.22. The zero-order valence-electron chi connectivity index (χ0n) is 11.4. The second-order valence-corrected chi connectivity index (χ2v) is 4.39. The van der Waals surface area contributed by atoms with Gasteiger partial charge in [-0.3, -0.25) is 4.98 Å². The number of nitrogens with zero attached hydrogens (tertiary/aromatic N) is 2. The molecule has 19 heavy (non-hydrogen) atoms. The number of ether oxygens (including phenoxy) is 1. The van der Waals surface area contributed by atoms with E-state index in [2.05, 4.69) is 23.3 Å². The summed E-state index contributed by atoms with van der Waals surface area (Å²) in [5.41, 5.74) is 3.29. The van der Waals surface area contributed by atoms with E-state index in [0.29, 0.717) is 5.56 Å². The summed E-state index contributed by atoms with van der Waals surface area (Å²) >= 11 is 0. The zero-order valence-corrected chi connectivity index (χ0v) is 11.4. The number of anilines is 1. The minimum absolute atomic E-state index is 0.567. The standard InChI is InChI=1S/C15H17N3O/c1-4-7-17-14-11(8-16)9-18-15-12(19-3)6-5-10(2)13(14)15/h5-6,9H,4,7H2,1-3H3,(H,17,18). The van der Waals surface area contributed by atoms with E-state index >= 15 is 0 Å². The number of nitriles is 1. The van der Waals surface area contributed by atoms with Gasteiger partial charge in [-0.15, -0.1) is 0 Å². The molecular weight excluding hydrogens is 238 g/mol. The number of nitrogens with one attached hydrogen (secondary N) is 1. The Morgan fingerprint density at radius 1 is 1.42 bits per heavy atom. The van der Waals surface area contributed by atoms with E-state index in [9.17, 15) is 5.26 Å². The number of fused-ring (bicyclic) bond motifs is 1. The summed E-state index contributed by atoms with van der Waals surface area (Å²) < 4.78 is 5.34. The van der Waals surface area contributed by atoms with Crippen LogP contribution in [0.4, 0.5) is 5.69 Å². The van der Waals surface area contributed by atoms with Crippen molar-refractivity contribution in [2.75, 3.05) is 19.0 Å². The van der Waals surface area contributed by atoms with E-state index in [0.717, 1.165) is 40.9 Å². The minimum atomic E-state index is 0.567. The molecule has 2 aromatic rings. The quantitative estimate of drug-likeness (QED) is 0.911. The first-order valence-corrected chi connectivity index (χ1v) is 6.33. The molecule has 0 aliphatic rings. The highest BCUT2D eigenvalue weighted by molar-refractivity contribution is 5.99. The molecule has 0 aliphatic carbocycles. The zero-order chi connectivity index (χ0) is 13.8. The highest BCUT2D eigenvalue weighted by Crippen LogP contribution is 2.33. The van der Waals surface area contributed by atoms with Gasteiger partial charge in [-0.05, 0) is 25.0 Å². The Morgan fingerprint density at radius 2 is 2.21 bits per heavy atom. The molecule has 0 bridgehead atoms. The number of hydrogen-bond acceptors (Lipinski definition) is 4. The first-order valence-electron chi connectivity index (χ1n) is 6.33. The number of aryl methyl sites for hydroxylation is 1. The van der Waals surface area contributed by atoms with Crippen molar-refractivity contribution in [3.63, 3.8) is 0 Å². The van der Waals surface area contributed by atoms with Crippen LogP contribution >= 0.6 is 0 Å². The van der Waals surface area contributed by atoms with E-state index in [-0.39, 0.29) is 0 Å². The summed E-state index contributed by atoms with van der Waals surface area (Å²) in [6.45, 7) is 4.93. The van der Waals surface area contributed by atoms with Crippen molar-refractivity contribution >= 4 is 16.6 Å². The van der Waals surface area contributed by atoms with Gasteiger partial charge >= 0.3 is 0 Å². The van der Waals surface area contributed by atoms with E-state index < -0.39 is 0 Å². The Balaban J connectivity index is 2.76. The van der Waals surface area contributed by atoms with E-state index in [1.807, 2.05) is 19.1 Å². The molecule has 4 nitrogen and oxygen atoms in total. The minimum Gasteiger partial charge on any atom is -0.494 e. The van der Waals surface area contributed by atoms with Gasteiger partial charge in [-0.1, -0.05) is 13.0 Å². The van der Waals surface area contributed by atoms with Crippen LogP contribution in [0.1, 0.15) is 24.5 Å². The van der Waals surface area contributed by atoms with Gasteiger partial charge in [0.05, 0.1) is 18.4 Å². The largest absolute Gasteiger partial charge is 0.494 e. The number of benzene rings is 1. The van der Waals surface area contributed by atoms with Crippen molar-refractivity contribution in [3.8, 4) is 11.8 Å². The Hall–Kier alpha value is -2.28. The third-order valence-corrected chi connectivity index (χ3v) is 3.08. The van der Waals surface area contributed by atoms with Crippen LogP contribution < -0.4 is 10.1 Å². The highest BCUT2D eigenvalue weighted by Gasteiger charge is 2.13. The van der Waals surface area contributed by atoms with Crippen LogP contribution in [0.25, 0.3) is 10.9 Å². The molecule has 0 saturated heterocycles. The fraction of sp³-hybridized carbons (Fsp3) is 0.333. The lowest BCUT2D eigenvalue weighted by molar-refractivity contribution is 0.419. The van der Waals surface area contributed by atoms with E-state index in [4.69, 9.17) is 4.74 Å². The fourth-order valence-corrected chi connectivity index (χ4v) is 2.13. The van der Waals surface area contributed by atoms with Crippen molar-refractivity contribution in [1.82, 2.24) is 4.98 Å². The van der Waals surface area contributed by atoms with Crippen molar-refractivity contribution in [2.24, 2.45) is 0 Å². The van der Waals surface area contributed by atoms with Gasteiger partial charge in [0, 0.05) is 18.1 Å². The molecule has 0 saturated carbocycles. The maximum atomic E-state index is 9.23. The molecule has 0 atom stereocenters. The molecule has 1 heterocycles. The number of rotatable bonds is 4. The third-order valence-electron chi connectivity index (χ3n) is 3.08. The topological polar surface area (TPSA) is 57.9 Å². The Morgan fingerprint density at radius 3 is 2.84 bits per heavy atom. The summed E-state index contributed by atoms with van der Waals surface area (Å²) in [5.74, 6) is 0.727. The lowest BCUT2D eigenvalue weighted by Crippen LogP contribution is -2.04. The van der Waals surface area contributed by atoms with Gasteiger partial charge in [0.15, 0.2) is 0 Å². The van der Waals surface area contributed by atoms with E-state index in [1.165, 1.54) is 0 Å². The van der Waals surface area contributed by atoms with Gasteiger partial charge in [-0.25, -0.2) is 0 Å². The molecule has 2 rings (SSSR count). The number of methoxy groups -OCH3 is 1. The molecular formula is C15H17N3O. The molecule has 0 amide bonds. The predicted octanol–water partition coefficient (Wildman–Crippen LogP) is 3.25. The smallest absolute Gasteiger partial charge is 0.145 e. The van der Waals surface area contributed by atoms with E-state index in [1.54, 1.807) is 13.3 Å². The Labute approximate surface area is 113 Å². The van der Waals surface area contributed by atoms with Gasteiger partial charge in [0.1, 0.15) is 17.3 Å². The van der Waals surface area contributed by atoms with Gasteiger partial charge in [-0.2, -0.15) is 5.26 Å². The Bertz CT molecular complexity index is 644. The molecule has 1 aromatic carbocycles. The molecule has 0 aliphatic heterocycles. The average molecular weight is 255 g/mol. The maximum absolute atomic E-state index is 9.23. The first kappa shape index (κ1) is 13.2. The second kappa shape index (κ2) is 5.57. The maximum Gasteiger partial charge on any atom is 0.145 e. The molecule has 0 fully saturated rings. The van der Waals surface area contributed by atoms with Crippen molar-refractivity contribution < 1.29 is 4.74 Å². The lowest BCUT2D eigenvalue weighted by atomic mass is 10.0. The van der Waals surface area contributed by atoms with Gasteiger partial charge in [0.2, 0.25) is 0 Å². The predicted molar refractivity (Wildman–Crippen MR) is 76.5 cm³/mol. The van der Waals surface area contributed by atoms with Crippen LogP contribution in [0, 0.1) is 18.3 Å². The molecule has 4 heteroatoms.